The summed E-state index contributed by atoms with van der Waals surface area (Å²) < 4.78 is 0. The summed E-state index contributed by atoms with van der Waals surface area (Å²) >= 11 is 11.9. The number of anilines is 1. The Labute approximate surface area is 207 Å². The summed E-state index contributed by atoms with van der Waals surface area (Å²) in [6.07, 6.45) is 0.618. The number of piperidine rings is 1. The maximum Gasteiger partial charge on any atom is 0.307 e. The summed E-state index contributed by atoms with van der Waals surface area (Å²) in [7, 11) is 0. The van der Waals surface area contributed by atoms with E-state index in [0.717, 1.165) is 12.8 Å². The van der Waals surface area contributed by atoms with E-state index in [1.807, 2.05) is 9.80 Å². The van der Waals surface area contributed by atoms with Gasteiger partial charge in [0.05, 0.1) is 23.6 Å². The number of phenolic OH excluding ortho intramolecular Hbond substituents is 1. The fourth-order valence-corrected chi connectivity index (χ4v) is 4.98. The first-order chi connectivity index (χ1) is 16.2. The number of hydrogen-bond acceptors (Lipinski definition) is 6. The van der Waals surface area contributed by atoms with Gasteiger partial charge in [-0.05, 0) is 48.7 Å². The third kappa shape index (κ3) is 5.58. The fourth-order valence-electron chi connectivity index (χ4n) is 4.67. The number of carboxylic acids is 1. The van der Waals surface area contributed by atoms with Crippen LogP contribution in [0.25, 0.3) is 0 Å². The van der Waals surface area contributed by atoms with Crippen LogP contribution < -0.4 is 10.2 Å². The van der Waals surface area contributed by atoms with Crippen molar-refractivity contribution in [3.63, 3.8) is 0 Å². The number of carbonyl (C=O) groups excluding carboxylic acids is 1. The summed E-state index contributed by atoms with van der Waals surface area (Å²) in [4.78, 5) is 27.7. The van der Waals surface area contributed by atoms with Crippen molar-refractivity contribution in [3.8, 4) is 5.75 Å². The second kappa shape index (κ2) is 10.4. The Balaban J connectivity index is 1.36. The van der Waals surface area contributed by atoms with Crippen molar-refractivity contribution >= 4 is 40.8 Å². The molecule has 182 valence electrons. The maximum absolute atomic E-state index is 12.7. The normalized spacial score (nSPS) is 21.1. The summed E-state index contributed by atoms with van der Waals surface area (Å²) in [5.41, 5.74) is 1.65. The van der Waals surface area contributed by atoms with Gasteiger partial charge in [0.1, 0.15) is 5.75 Å². The van der Waals surface area contributed by atoms with E-state index in [1.54, 1.807) is 24.3 Å². The summed E-state index contributed by atoms with van der Waals surface area (Å²) in [6, 6.07) is 9.71. The van der Waals surface area contributed by atoms with E-state index in [9.17, 15) is 24.9 Å². The lowest BCUT2D eigenvalue weighted by atomic mass is 10.0. The van der Waals surface area contributed by atoms with E-state index >= 15 is 0 Å². The minimum Gasteiger partial charge on any atom is -0.506 e. The molecule has 2 fully saturated rings. The van der Waals surface area contributed by atoms with Crippen molar-refractivity contribution in [3.05, 3.63) is 57.6 Å². The number of β-amino-alcohol motifs (C(OH)–C–C–N with tert-alkyl or cyclic N) is 1. The Hall–Kier alpha value is -2.52. The second-order valence-electron chi connectivity index (χ2n) is 8.82. The van der Waals surface area contributed by atoms with Crippen molar-refractivity contribution in [2.45, 2.75) is 37.5 Å². The van der Waals surface area contributed by atoms with Crippen molar-refractivity contribution in [2.75, 3.05) is 31.1 Å². The van der Waals surface area contributed by atoms with Crippen LogP contribution in [0.2, 0.25) is 10.0 Å². The minimum atomic E-state index is -1.00. The molecule has 0 radical (unpaired) electrons. The van der Waals surface area contributed by atoms with Crippen LogP contribution in [0.4, 0.5) is 5.69 Å². The van der Waals surface area contributed by atoms with Gasteiger partial charge in [0, 0.05) is 54.6 Å². The monoisotopic (exact) mass is 507 g/mol. The standard InChI is InChI=1S/C24H27Cl2N3O5/c25-16-3-1-14(2-4-16)24(34)28-7-5-17(6-8-28)27-19-12-29(13-22(19)31)20-11-21(30)18(26)9-15(20)10-23(32)33/h1-4,9,11,17,19,22,27,30-31H,5-8,10,12-13H2,(H,32,33)/t19-,22-/m1/s1. The molecule has 2 saturated heterocycles. The van der Waals surface area contributed by atoms with Gasteiger partial charge in [0.15, 0.2) is 0 Å². The number of carbonyl (C=O) groups is 2. The molecular formula is C24H27Cl2N3O5. The van der Waals surface area contributed by atoms with E-state index in [0.29, 0.717) is 48.0 Å². The Morgan fingerprint density at radius 1 is 1.06 bits per heavy atom. The van der Waals surface area contributed by atoms with E-state index in [-0.39, 0.29) is 35.2 Å². The predicted molar refractivity (Wildman–Crippen MR) is 130 cm³/mol. The van der Waals surface area contributed by atoms with Crippen LogP contribution in [0.1, 0.15) is 28.8 Å². The highest BCUT2D eigenvalue weighted by Crippen LogP contribution is 2.34. The molecule has 2 aromatic carbocycles. The maximum atomic E-state index is 12.7. The number of likely N-dealkylation sites (tertiary alicyclic amines) is 1. The lowest BCUT2D eigenvalue weighted by Crippen LogP contribution is -2.50. The highest BCUT2D eigenvalue weighted by molar-refractivity contribution is 6.32. The molecule has 2 aromatic rings. The number of aromatic hydroxyl groups is 1. The number of nitrogens with zero attached hydrogens (tertiary/aromatic N) is 2. The van der Waals surface area contributed by atoms with Gasteiger partial charge in [-0.2, -0.15) is 0 Å². The molecule has 0 spiro atoms. The summed E-state index contributed by atoms with van der Waals surface area (Å²) in [6.45, 7) is 1.98. The van der Waals surface area contributed by atoms with Gasteiger partial charge in [-0.15, -0.1) is 0 Å². The van der Waals surface area contributed by atoms with Crippen LogP contribution in [0.3, 0.4) is 0 Å². The van der Waals surface area contributed by atoms with Crippen LogP contribution in [-0.2, 0) is 11.2 Å². The fraction of sp³-hybridized carbons (Fsp3) is 0.417. The first kappa shape index (κ1) is 24.6. The number of aliphatic carboxylic acids is 1. The van der Waals surface area contributed by atoms with Crippen molar-refractivity contribution in [1.29, 1.82) is 0 Å². The van der Waals surface area contributed by atoms with E-state index in [4.69, 9.17) is 23.2 Å². The van der Waals surface area contributed by atoms with Crippen molar-refractivity contribution in [1.82, 2.24) is 10.2 Å². The number of rotatable bonds is 6. The van der Waals surface area contributed by atoms with Gasteiger partial charge in [-0.3, -0.25) is 9.59 Å². The molecule has 0 aromatic heterocycles. The zero-order valence-electron chi connectivity index (χ0n) is 18.5. The lowest BCUT2D eigenvalue weighted by Gasteiger charge is -2.34. The van der Waals surface area contributed by atoms with E-state index < -0.39 is 12.1 Å². The molecule has 0 aliphatic carbocycles. The van der Waals surface area contributed by atoms with Crippen LogP contribution >= 0.6 is 23.2 Å². The van der Waals surface area contributed by atoms with Gasteiger partial charge in [-0.25, -0.2) is 0 Å². The third-order valence-electron chi connectivity index (χ3n) is 6.44. The number of phenols is 1. The van der Waals surface area contributed by atoms with Crippen LogP contribution in [-0.4, -0.2) is 76.5 Å². The third-order valence-corrected chi connectivity index (χ3v) is 7.00. The van der Waals surface area contributed by atoms with Gasteiger partial charge < -0.3 is 30.4 Å². The molecule has 2 aliphatic rings. The molecule has 0 saturated carbocycles. The average Bonchev–Trinajstić information content (AvgIpc) is 3.16. The smallest absolute Gasteiger partial charge is 0.307 e. The number of halogens is 2. The first-order valence-corrected chi connectivity index (χ1v) is 11.9. The molecule has 8 nitrogen and oxygen atoms in total. The highest BCUT2D eigenvalue weighted by Gasteiger charge is 2.35. The molecule has 2 heterocycles. The van der Waals surface area contributed by atoms with Gasteiger partial charge in [0.2, 0.25) is 0 Å². The zero-order chi connectivity index (χ0) is 24.4. The number of carboxylic acid groups (broad SMARTS) is 1. The van der Waals surface area contributed by atoms with Gasteiger partial charge in [0.25, 0.3) is 5.91 Å². The first-order valence-electron chi connectivity index (χ1n) is 11.2. The minimum absolute atomic E-state index is 0.0179. The number of amides is 1. The number of aliphatic hydroxyl groups excluding tert-OH is 1. The second-order valence-corrected chi connectivity index (χ2v) is 9.67. The zero-order valence-corrected chi connectivity index (χ0v) is 20.0. The molecule has 1 amide bonds. The summed E-state index contributed by atoms with van der Waals surface area (Å²) in [5.74, 6) is -1.15. The molecule has 0 bridgehead atoms. The van der Waals surface area contributed by atoms with Crippen LogP contribution in [0, 0.1) is 0 Å². The largest absolute Gasteiger partial charge is 0.506 e. The molecule has 34 heavy (non-hydrogen) atoms. The Kier molecular flexibility index (Phi) is 7.52. The Bertz CT molecular complexity index is 1060. The number of aliphatic hydroxyl groups is 1. The molecular weight excluding hydrogens is 481 g/mol. The predicted octanol–water partition coefficient (Wildman–Crippen LogP) is 2.77. The van der Waals surface area contributed by atoms with E-state index in [1.165, 1.54) is 12.1 Å². The Morgan fingerprint density at radius 2 is 1.74 bits per heavy atom. The molecule has 0 unspecified atom stereocenters. The van der Waals surface area contributed by atoms with Crippen molar-refractivity contribution < 1.29 is 24.9 Å². The van der Waals surface area contributed by atoms with Crippen molar-refractivity contribution in [2.24, 2.45) is 0 Å². The molecule has 2 aliphatic heterocycles. The number of benzene rings is 2. The molecule has 4 N–H and O–H groups in total. The number of nitrogens with one attached hydrogen (secondary N) is 1. The molecule has 10 heteroatoms. The van der Waals surface area contributed by atoms with E-state index in [2.05, 4.69) is 5.32 Å². The van der Waals surface area contributed by atoms with Gasteiger partial charge in [-0.1, -0.05) is 23.2 Å². The molecule has 4 rings (SSSR count). The van der Waals surface area contributed by atoms with Crippen LogP contribution in [0.5, 0.6) is 5.75 Å². The topological polar surface area (TPSA) is 113 Å². The Morgan fingerprint density at radius 3 is 2.38 bits per heavy atom. The highest BCUT2D eigenvalue weighted by atomic mass is 35.5. The van der Waals surface area contributed by atoms with Crippen LogP contribution in [0.15, 0.2) is 36.4 Å². The number of hydrogen-bond donors (Lipinski definition) is 4. The molecule has 2 atom stereocenters. The SMILES string of the molecule is O=C(O)Cc1cc(Cl)c(O)cc1N1C[C@@H](O)[C@H](NC2CCN(C(=O)c3ccc(Cl)cc3)CC2)C1. The quantitative estimate of drug-likeness (QED) is 0.475. The van der Waals surface area contributed by atoms with Gasteiger partial charge >= 0.3 is 5.97 Å². The summed E-state index contributed by atoms with van der Waals surface area (Å²) in [5, 5.41) is 34.2. The lowest BCUT2D eigenvalue weighted by molar-refractivity contribution is -0.136. The average molecular weight is 508 g/mol.